The highest BCUT2D eigenvalue weighted by Crippen LogP contribution is 2.14. The van der Waals surface area contributed by atoms with Gasteiger partial charge in [-0.3, -0.25) is 4.79 Å². The van der Waals surface area contributed by atoms with Gasteiger partial charge in [-0.25, -0.2) is 0 Å². The number of nitrogens with zero attached hydrogens (tertiary/aromatic N) is 1. The Kier molecular flexibility index (Phi) is 4.20. The third-order valence-electron chi connectivity index (χ3n) is 2.25. The minimum atomic E-state index is -0.369. The fourth-order valence-electron chi connectivity index (χ4n) is 1.43. The van der Waals surface area contributed by atoms with E-state index >= 15 is 0 Å². The zero-order valence-electron chi connectivity index (χ0n) is 9.88. The van der Waals surface area contributed by atoms with E-state index in [0.717, 1.165) is 0 Å². The molecule has 0 aliphatic carbocycles. The molecule has 1 aromatic heterocycles. The van der Waals surface area contributed by atoms with Gasteiger partial charge in [0, 0.05) is 16.8 Å². The molecule has 0 saturated carbocycles. The number of amides is 1. The van der Waals surface area contributed by atoms with Crippen molar-refractivity contribution in [3.05, 3.63) is 58.9 Å². The van der Waals surface area contributed by atoms with E-state index < -0.39 is 0 Å². The quantitative estimate of drug-likeness (QED) is 0.687. The van der Waals surface area contributed by atoms with Crippen LogP contribution in [0.2, 0.25) is 5.02 Å². The Labute approximate surface area is 115 Å². The number of hydrogen-bond donors (Lipinski definition) is 1. The van der Waals surface area contributed by atoms with Crippen LogP contribution >= 0.6 is 11.6 Å². The number of anilines is 1. The van der Waals surface area contributed by atoms with Crippen molar-refractivity contribution in [2.45, 2.75) is 0 Å². The van der Waals surface area contributed by atoms with Crippen LogP contribution in [0.25, 0.3) is 0 Å². The van der Waals surface area contributed by atoms with E-state index in [9.17, 15) is 10.0 Å². The lowest BCUT2D eigenvalue weighted by atomic mass is 10.3. The van der Waals surface area contributed by atoms with Crippen LogP contribution in [-0.4, -0.2) is 12.5 Å². The molecule has 1 N–H and O–H groups in total. The van der Waals surface area contributed by atoms with E-state index in [0.29, 0.717) is 15.4 Å². The molecule has 2 rings (SSSR count). The van der Waals surface area contributed by atoms with Crippen LogP contribution in [0.4, 0.5) is 5.69 Å². The van der Waals surface area contributed by atoms with Crippen molar-refractivity contribution < 1.29 is 14.3 Å². The molecule has 1 amide bonds. The maximum absolute atomic E-state index is 11.6. The molecule has 0 aliphatic rings. The first kappa shape index (κ1) is 13.2. The predicted octanol–water partition coefficient (Wildman–Crippen LogP) is 1.99. The molecule has 1 heterocycles. The SMILES string of the molecule is O=C(COc1cccc[n+]1[O-])Nc1cccc(Cl)c1. The van der Waals surface area contributed by atoms with Gasteiger partial charge in [-0.2, -0.15) is 0 Å². The summed E-state index contributed by atoms with van der Waals surface area (Å²) in [5, 5.41) is 14.4. The first-order valence-corrected chi connectivity index (χ1v) is 5.89. The second kappa shape index (κ2) is 6.06. The monoisotopic (exact) mass is 278 g/mol. The Morgan fingerprint density at radius 3 is 2.89 bits per heavy atom. The Balaban J connectivity index is 1.90. The molecular formula is C13H11ClN2O3. The van der Waals surface area contributed by atoms with E-state index in [4.69, 9.17) is 16.3 Å². The van der Waals surface area contributed by atoms with Crippen LogP contribution in [0.3, 0.4) is 0 Å². The molecule has 0 fully saturated rings. The molecule has 19 heavy (non-hydrogen) atoms. The van der Waals surface area contributed by atoms with Crippen molar-refractivity contribution >= 4 is 23.2 Å². The normalized spacial score (nSPS) is 9.95. The summed E-state index contributed by atoms with van der Waals surface area (Å²) < 4.78 is 5.65. The number of rotatable bonds is 4. The average molecular weight is 279 g/mol. The van der Waals surface area contributed by atoms with Gasteiger partial charge in [0.1, 0.15) is 0 Å². The van der Waals surface area contributed by atoms with Crippen LogP contribution < -0.4 is 14.8 Å². The zero-order chi connectivity index (χ0) is 13.7. The summed E-state index contributed by atoms with van der Waals surface area (Å²) in [4.78, 5) is 11.6. The molecule has 1 aromatic carbocycles. The Morgan fingerprint density at radius 2 is 2.16 bits per heavy atom. The van der Waals surface area contributed by atoms with Crippen molar-refractivity contribution in [1.29, 1.82) is 0 Å². The van der Waals surface area contributed by atoms with Crippen LogP contribution in [0.1, 0.15) is 0 Å². The number of carbonyl (C=O) groups excluding carboxylic acids is 1. The number of ether oxygens (including phenoxy) is 1. The number of aromatic nitrogens is 1. The highest BCUT2D eigenvalue weighted by Gasteiger charge is 2.08. The summed E-state index contributed by atoms with van der Waals surface area (Å²) in [5.41, 5.74) is 0.573. The lowest BCUT2D eigenvalue weighted by Gasteiger charge is -2.07. The van der Waals surface area contributed by atoms with Crippen molar-refractivity contribution in [2.75, 3.05) is 11.9 Å². The molecule has 0 aliphatic heterocycles. The molecular weight excluding hydrogens is 268 g/mol. The second-order valence-corrected chi connectivity index (χ2v) is 4.15. The second-order valence-electron chi connectivity index (χ2n) is 3.71. The summed E-state index contributed by atoms with van der Waals surface area (Å²) in [6.07, 6.45) is 1.30. The maximum Gasteiger partial charge on any atom is 0.379 e. The first-order chi connectivity index (χ1) is 9.15. The number of halogens is 1. The third-order valence-corrected chi connectivity index (χ3v) is 2.48. The molecule has 0 unspecified atom stereocenters. The molecule has 0 saturated heterocycles. The number of pyridine rings is 1. The van der Waals surface area contributed by atoms with Gasteiger partial charge in [-0.1, -0.05) is 17.7 Å². The van der Waals surface area contributed by atoms with Crippen LogP contribution in [-0.2, 0) is 4.79 Å². The fourth-order valence-corrected chi connectivity index (χ4v) is 1.62. The van der Waals surface area contributed by atoms with Gasteiger partial charge in [-0.15, -0.1) is 4.73 Å². The Morgan fingerprint density at radius 1 is 1.32 bits per heavy atom. The van der Waals surface area contributed by atoms with E-state index in [1.807, 2.05) is 0 Å². The van der Waals surface area contributed by atoms with Crippen molar-refractivity contribution in [3.8, 4) is 5.88 Å². The van der Waals surface area contributed by atoms with Gasteiger partial charge in [0.15, 0.2) is 12.8 Å². The highest BCUT2D eigenvalue weighted by atomic mass is 35.5. The average Bonchev–Trinajstić information content (AvgIpc) is 2.38. The molecule has 0 atom stereocenters. The molecule has 0 radical (unpaired) electrons. The molecule has 0 bridgehead atoms. The van der Waals surface area contributed by atoms with Crippen molar-refractivity contribution in [2.24, 2.45) is 0 Å². The lowest BCUT2D eigenvalue weighted by molar-refractivity contribution is -0.612. The standard InChI is InChI=1S/C13H11ClN2O3/c14-10-4-3-5-11(8-10)15-12(17)9-19-13-6-1-2-7-16(13)18/h1-8H,9H2,(H,15,17). The Hall–Kier alpha value is -2.27. The lowest BCUT2D eigenvalue weighted by Crippen LogP contribution is -2.30. The van der Waals surface area contributed by atoms with Crippen molar-refractivity contribution in [1.82, 2.24) is 0 Å². The minimum absolute atomic E-state index is 0.0729. The highest BCUT2D eigenvalue weighted by molar-refractivity contribution is 6.30. The molecule has 6 heteroatoms. The number of nitrogens with one attached hydrogen (secondary N) is 1. The Bertz CT molecular complexity index is 590. The van der Waals surface area contributed by atoms with E-state index in [1.165, 1.54) is 12.3 Å². The summed E-state index contributed by atoms with van der Waals surface area (Å²) in [6.45, 7) is -0.251. The first-order valence-electron chi connectivity index (χ1n) is 5.51. The number of benzene rings is 1. The van der Waals surface area contributed by atoms with Gasteiger partial charge in [-0.05, 0) is 24.3 Å². The summed E-state index contributed by atoms with van der Waals surface area (Å²) >= 11 is 5.79. The topological polar surface area (TPSA) is 65.3 Å². The van der Waals surface area contributed by atoms with Gasteiger partial charge < -0.3 is 15.3 Å². The van der Waals surface area contributed by atoms with E-state index in [2.05, 4.69) is 5.32 Å². The maximum atomic E-state index is 11.6. The van der Waals surface area contributed by atoms with Gasteiger partial charge >= 0.3 is 5.88 Å². The van der Waals surface area contributed by atoms with E-state index in [1.54, 1.807) is 36.4 Å². The van der Waals surface area contributed by atoms with Gasteiger partial charge in [0.25, 0.3) is 5.91 Å². The number of hydrogen-bond acceptors (Lipinski definition) is 3. The van der Waals surface area contributed by atoms with Gasteiger partial charge in [0.2, 0.25) is 0 Å². The smallest absolute Gasteiger partial charge is 0.379 e. The predicted molar refractivity (Wildman–Crippen MR) is 71.0 cm³/mol. The third kappa shape index (κ3) is 3.86. The molecule has 5 nitrogen and oxygen atoms in total. The molecule has 0 spiro atoms. The zero-order valence-corrected chi connectivity index (χ0v) is 10.6. The summed E-state index contributed by atoms with van der Waals surface area (Å²) in [7, 11) is 0. The van der Waals surface area contributed by atoms with Crippen LogP contribution in [0.15, 0.2) is 48.7 Å². The minimum Gasteiger partial charge on any atom is -0.616 e. The summed E-state index contributed by atoms with van der Waals surface area (Å²) in [6, 6.07) is 11.5. The van der Waals surface area contributed by atoms with Crippen LogP contribution in [0, 0.1) is 5.21 Å². The van der Waals surface area contributed by atoms with Crippen molar-refractivity contribution in [3.63, 3.8) is 0 Å². The van der Waals surface area contributed by atoms with Crippen LogP contribution in [0.5, 0.6) is 5.88 Å². The number of carbonyl (C=O) groups is 1. The fraction of sp³-hybridized carbons (Fsp3) is 0.0769. The van der Waals surface area contributed by atoms with E-state index in [-0.39, 0.29) is 18.4 Å². The largest absolute Gasteiger partial charge is 0.616 e. The van der Waals surface area contributed by atoms with Gasteiger partial charge in [0.05, 0.1) is 6.07 Å². The summed E-state index contributed by atoms with van der Waals surface area (Å²) in [5.74, 6) is -0.296. The molecule has 98 valence electrons. The molecule has 2 aromatic rings.